The van der Waals surface area contributed by atoms with Crippen molar-refractivity contribution >= 4 is 11.4 Å². The highest BCUT2D eigenvalue weighted by Gasteiger charge is 2.34. The van der Waals surface area contributed by atoms with E-state index in [4.69, 9.17) is 0 Å². The molecule has 0 bridgehead atoms. The minimum Gasteiger partial charge on any atom is -0.366 e. The van der Waals surface area contributed by atoms with Crippen LogP contribution in [-0.2, 0) is 6.18 Å². The van der Waals surface area contributed by atoms with Gasteiger partial charge in [0.15, 0.2) is 0 Å². The van der Waals surface area contributed by atoms with Gasteiger partial charge >= 0.3 is 6.18 Å². The van der Waals surface area contributed by atoms with Crippen molar-refractivity contribution in [1.29, 1.82) is 0 Å². The minimum absolute atomic E-state index is 0.136. The first kappa shape index (κ1) is 16.2. The lowest BCUT2D eigenvalue weighted by Gasteiger charge is -2.33. The molecule has 2 heterocycles. The van der Waals surface area contributed by atoms with E-state index in [1.807, 2.05) is 0 Å². The summed E-state index contributed by atoms with van der Waals surface area (Å²) < 4.78 is 40.0. The Morgan fingerprint density at radius 1 is 1.25 bits per heavy atom. The number of rotatable bonds is 3. The Morgan fingerprint density at radius 3 is 2.50 bits per heavy atom. The standard InChI is InChI=1S/C14H14F3N5O2/c15-14(16,17)10-1-2-12(13(7-10)22(23)24)20-5-3-11(4-6-20)21-9-18-8-19-21/h1-2,7-9,11H,3-6H2. The number of nitro benzene ring substituents is 1. The third-order valence-corrected chi connectivity index (χ3v) is 4.12. The molecule has 128 valence electrons. The molecule has 0 amide bonds. The smallest absolute Gasteiger partial charge is 0.366 e. The lowest BCUT2D eigenvalue weighted by molar-refractivity contribution is -0.384. The molecule has 0 atom stereocenters. The molecule has 1 aromatic heterocycles. The number of piperidine rings is 1. The lowest BCUT2D eigenvalue weighted by Crippen LogP contribution is -2.35. The zero-order chi connectivity index (χ0) is 17.3. The summed E-state index contributed by atoms with van der Waals surface area (Å²) in [4.78, 5) is 16.0. The minimum atomic E-state index is -4.61. The van der Waals surface area contributed by atoms with Crippen LogP contribution in [0.1, 0.15) is 24.4 Å². The summed E-state index contributed by atoms with van der Waals surface area (Å²) in [5, 5.41) is 15.3. The van der Waals surface area contributed by atoms with Crippen LogP contribution >= 0.6 is 0 Å². The highest BCUT2D eigenvalue weighted by atomic mass is 19.4. The number of hydrogen-bond acceptors (Lipinski definition) is 5. The summed E-state index contributed by atoms with van der Waals surface area (Å²) in [6, 6.07) is 2.79. The number of aromatic nitrogens is 3. The zero-order valence-corrected chi connectivity index (χ0v) is 12.5. The van der Waals surface area contributed by atoms with E-state index in [9.17, 15) is 23.3 Å². The van der Waals surface area contributed by atoms with Gasteiger partial charge in [-0.3, -0.25) is 10.1 Å². The normalized spacial score (nSPS) is 16.4. The van der Waals surface area contributed by atoms with Crippen molar-refractivity contribution in [3.63, 3.8) is 0 Å². The van der Waals surface area contributed by atoms with Gasteiger partial charge in [-0.05, 0) is 25.0 Å². The van der Waals surface area contributed by atoms with Crippen LogP contribution in [0, 0.1) is 10.1 Å². The summed E-state index contributed by atoms with van der Waals surface area (Å²) in [6.07, 6.45) is -0.194. The second-order valence-electron chi connectivity index (χ2n) is 5.55. The second-order valence-corrected chi connectivity index (χ2v) is 5.55. The maximum Gasteiger partial charge on any atom is 0.416 e. The fraction of sp³-hybridized carbons (Fsp3) is 0.429. The number of alkyl halides is 3. The van der Waals surface area contributed by atoms with Gasteiger partial charge in [0.25, 0.3) is 5.69 Å². The van der Waals surface area contributed by atoms with Crippen LogP contribution in [0.2, 0.25) is 0 Å². The molecule has 1 saturated heterocycles. The summed E-state index contributed by atoms with van der Waals surface area (Å²) in [5.41, 5.74) is -1.33. The van der Waals surface area contributed by atoms with Gasteiger partial charge in [0.2, 0.25) is 0 Å². The largest absolute Gasteiger partial charge is 0.416 e. The number of nitro groups is 1. The Kier molecular flexibility index (Phi) is 4.12. The van der Waals surface area contributed by atoms with Gasteiger partial charge < -0.3 is 4.90 Å². The quantitative estimate of drug-likeness (QED) is 0.633. The topological polar surface area (TPSA) is 77.1 Å². The molecule has 2 aromatic rings. The van der Waals surface area contributed by atoms with E-state index in [0.717, 1.165) is 6.07 Å². The van der Waals surface area contributed by atoms with Gasteiger partial charge in [-0.15, -0.1) is 0 Å². The SMILES string of the molecule is O=[N+]([O-])c1cc(C(F)(F)F)ccc1N1CCC(n2cncn2)CC1. The van der Waals surface area contributed by atoms with Gasteiger partial charge in [0.05, 0.1) is 16.5 Å². The van der Waals surface area contributed by atoms with Crippen molar-refractivity contribution in [2.75, 3.05) is 18.0 Å². The Bertz CT molecular complexity index is 725. The van der Waals surface area contributed by atoms with Crippen LogP contribution in [0.3, 0.4) is 0 Å². The van der Waals surface area contributed by atoms with Gasteiger partial charge in [0, 0.05) is 19.2 Å². The molecular formula is C14H14F3N5O2. The maximum atomic E-state index is 12.8. The lowest BCUT2D eigenvalue weighted by atomic mass is 10.0. The number of nitrogens with zero attached hydrogens (tertiary/aromatic N) is 5. The molecule has 0 N–H and O–H groups in total. The second kappa shape index (κ2) is 6.10. The van der Waals surface area contributed by atoms with Crippen molar-refractivity contribution in [2.24, 2.45) is 0 Å². The molecule has 1 aliphatic heterocycles. The summed E-state index contributed by atoms with van der Waals surface area (Å²) in [7, 11) is 0. The van der Waals surface area contributed by atoms with Crippen molar-refractivity contribution in [1.82, 2.24) is 14.8 Å². The fourth-order valence-corrected chi connectivity index (χ4v) is 2.89. The van der Waals surface area contributed by atoms with Gasteiger partial charge in [-0.25, -0.2) is 9.67 Å². The Balaban J connectivity index is 1.81. The Hall–Kier alpha value is -2.65. The summed E-state index contributed by atoms with van der Waals surface area (Å²) in [5.74, 6) is 0. The predicted molar refractivity (Wildman–Crippen MR) is 78.6 cm³/mol. The molecule has 1 fully saturated rings. The monoisotopic (exact) mass is 341 g/mol. The molecule has 0 spiro atoms. The van der Waals surface area contributed by atoms with Crippen molar-refractivity contribution in [3.8, 4) is 0 Å². The predicted octanol–water partition coefficient (Wildman–Crippen LogP) is 3.05. The van der Waals surface area contributed by atoms with E-state index < -0.39 is 22.4 Å². The van der Waals surface area contributed by atoms with Crippen LogP contribution in [0.5, 0.6) is 0 Å². The van der Waals surface area contributed by atoms with Crippen LogP contribution in [0.25, 0.3) is 0 Å². The van der Waals surface area contributed by atoms with E-state index in [1.54, 1.807) is 15.9 Å². The van der Waals surface area contributed by atoms with Gasteiger partial charge in [-0.1, -0.05) is 0 Å². The summed E-state index contributed by atoms with van der Waals surface area (Å²) >= 11 is 0. The number of halogens is 3. The van der Waals surface area contributed by atoms with E-state index in [1.165, 1.54) is 12.4 Å². The molecule has 24 heavy (non-hydrogen) atoms. The third-order valence-electron chi connectivity index (χ3n) is 4.12. The van der Waals surface area contributed by atoms with Crippen molar-refractivity contribution in [3.05, 3.63) is 46.5 Å². The molecule has 0 saturated carbocycles. The van der Waals surface area contributed by atoms with Crippen LogP contribution in [0.15, 0.2) is 30.9 Å². The molecular weight excluding hydrogens is 327 g/mol. The molecule has 7 nitrogen and oxygen atoms in total. The molecule has 1 aromatic carbocycles. The van der Waals surface area contributed by atoms with E-state index >= 15 is 0 Å². The third kappa shape index (κ3) is 3.17. The first-order valence-electron chi connectivity index (χ1n) is 7.31. The molecule has 0 radical (unpaired) electrons. The van der Waals surface area contributed by atoms with E-state index in [0.29, 0.717) is 32.0 Å². The fourth-order valence-electron chi connectivity index (χ4n) is 2.89. The molecule has 1 aliphatic rings. The first-order chi connectivity index (χ1) is 11.4. The van der Waals surface area contributed by atoms with Crippen molar-refractivity contribution in [2.45, 2.75) is 25.1 Å². The van der Waals surface area contributed by atoms with Crippen LogP contribution < -0.4 is 4.90 Å². The molecule has 0 aliphatic carbocycles. The number of anilines is 1. The van der Waals surface area contributed by atoms with Gasteiger partial charge in [0.1, 0.15) is 18.3 Å². The number of hydrogen-bond donors (Lipinski definition) is 0. The average molecular weight is 341 g/mol. The molecule has 0 unspecified atom stereocenters. The summed E-state index contributed by atoms with van der Waals surface area (Å²) in [6.45, 7) is 0.994. The number of benzene rings is 1. The first-order valence-corrected chi connectivity index (χ1v) is 7.31. The van der Waals surface area contributed by atoms with Crippen LogP contribution in [-0.4, -0.2) is 32.8 Å². The zero-order valence-electron chi connectivity index (χ0n) is 12.5. The van der Waals surface area contributed by atoms with E-state index in [-0.39, 0.29) is 11.7 Å². The highest BCUT2D eigenvalue weighted by Crippen LogP contribution is 2.38. The van der Waals surface area contributed by atoms with Crippen LogP contribution in [0.4, 0.5) is 24.5 Å². The Morgan fingerprint density at radius 2 is 1.96 bits per heavy atom. The molecule has 10 heteroatoms. The van der Waals surface area contributed by atoms with Gasteiger partial charge in [-0.2, -0.15) is 18.3 Å². The molecule has 3 rings (SSSR count). The highest BCUT2D eigenvalue weighted by molar-refractivity contribution is 5.64. The van der Waals surface area contributed by atoms with E-state index in [2.05, 4.69) is 10.1 Å². The average Bonchev–Trinajstić information content (AvgIpc) is 3.08. The maximum absolute atomic E-state index is 12.8. The Labute approximate surface area is 134 Å². The van der Waals surface area contributed by atoms with Crippen molar-refractivity contribution < 1.29 is 18.1 Å².